The predicted octanol–water partition coefficient (Wildman–Crippen LogP) is 6.89. The average molecular weight is 486 g/mol. The largest absolute Gasteiger partial charge is 0.484 e. The summed E-state index contributed by atoms with van der Waals surface area (Å²) in [4.78, 5) is 25.5. The first-order valence-electron chi connectivity index (χ1n) is 11.4. The summed E-state index contributed by atoms with van der Waals surface area (Å²) >= 11 is 1.30. The molecule has 3 aromatic carbocycles. The second kappa shape index (κ2) is 11.0. The van der Waals surface area contributed by atoms with Crippen molar-refractivity contribution in [2.24, 2.45) is 0 Å². The normalized spacial score (nSPS) is 10.6. The van der Waals surface area contributed by atoms with Crippen molar-refractivity contribution in [3.05, 3.63) is 94.9 Å². The molecule has 0 aliphatic rings. The summed E-state index contributed by atoms with van der Waals surface area (Å²) in [5.41, 5.74) is 6.42. The molecule has 4 rings (SSSR count). The molecule has 0 atom stereocenters. The maximum absolute atomic E-state index is 12.8. The van der Waals surface area contributed by atoms with Crippen LogP contribution in [0.4, 0.5) is 5.00 Å². The zero-order valence-electron chi connectivity index (χ0n) is 20.0. The van der Waals surface area contributed by atoms with Crippen LogP contribution in [0.2, 0.25) is 0 Å². The smallest absolute Gasteiger partial charge is 0.341 e. The Morgan fingerprint density at radius 2 is 1.60 bits per heavy atom. The minimum atomic E-state index is -0.462. The monoisotopic (exact) mass is 485 g/mol. The third-order valence-corrected chi connectivity index (χ3v) is 6.42. The number of carbonyl (C=O) groups excluding carboxylic acids is 2. The minimum absolute atomic E-state index is 0.177. The summed E-state index contributed by atoms with van der Waals surface area (Å²) in [7, 11) is 0. The number of aryl methyl sites for hydroxylation is 2. The number of ether oxygens (including phenoxy) is 2. The maximum atomic E-state index is 12.8. The maximum Gasteiger partial charge on any atom is 0.341 e. The Morgan fingerprint density at radius 3 is 2.29 bits per heavy atom. The Hall–Kier alpha value is -3.90. The van der Waals surface area contributed by atoms with E-state index in [1.54, 1.807) is 6.92 Å². The van der Waals surface area contributed by atoms with E-state index in [4.69, 9.17) is 9.47 Å². The molecule has 0 aliphatic carbocycles. The Labute approximate surface area is 209 Å². The second-order valence-corrected chi connectivity index (χ2v) is 9.00. The van der Waals surface area contributed by atoms with Gasteiger partial charge in [-0.05, 0) is 55.2 Å². The Morgan fingerprint density at radius 1 is 0.886 bits per heavy atom. The molecular formula is C29H27NO4S. The standard InChI is InChI=1S/C29H27NO4S/c1-4-33-29(32)27-25(24-15-10-19(2)16-20(24)3)18-35-28(27)30-26(31)17-34-23-13-11-22(12-14-23)21-8-6-5-7-9-21/h5-16,18H,4,17H2,1-3H3,(H,30,31). The van der Waals surface area contributed by atoms with Crippen LogP contribution in [-0.2, 0) is 9.53 Å². The summed E-state index contributed by atoms with van der Waals surface area (Å²) in [5, 5.41) is 5.16. The van der Waals surface area contributed by atoms with Gasteiger partial charge in [-0.25, -0.2) is 4.79 Å². The average Bonchev–Trinajstić information content (AvgIpc) is 3.27. The van der Waals surface area contributed by atoms with E-state index in [-0.39, 0.29) is 19.1 Å². The fourth-order valence-corrected chi connectivity index (χ4v) is 4.82. The summed E-state index contributed by atoms with van der Waals surface area (Å²) in [6, 6.07) is 23.7. The molecule has 178 valence electrons. The van der Waals surface area contributed by atoms with Crippen molar-refractivity contribution in [1.82, 2.24) is 0 Å². The highest BCUT2D eigenvalue weighted by molar-refractivity contribution is 7.15. The number of amides is 1. The van der Waals surface area contributed by atoms with E-state index in [9.17, 15) is 9.59 Å². The van der Waals surface area contributed by atoms with Gasteiger partial charge in [-0.3, -0.25) is 4.79 Å². The van der Waals surface area contributed by atoms with Crippen molar-refractivity contribution in [3.63, 3.8) is 0 Å². The number of hydrogen-bond acceptors (Lipinski definition) is 5. The van der Waals surface area contributed by atoms with Crippen LogP contribution in [0.1, 0.15) is 28.4 Å². The van der Waals surface area contributed by atoms with Gasteiger partial charge in [0, 0.05) is 10.9 Å². The highest BCUT2D eigenvalue weighted by Gasteiger charge is 2.23. The number of nitrogens with one attached hydrogen (secondary N) is 1. The van der Waals surface area contributed by atoms with Crippen molar-refractivity contribution in [2.75, 3.05) is 18.5 Å². The molecule has 0 aliphatic heterocycles. The number of rotatable bonds is 8. The molecule has 0 spiro atoms. The first-order valence-corrected chi connectivity index (χ1v) is 12.3. The fraction of sp³-hybridized carbons (Fsp3) is 0.172. The minimum Gasteiger partial charge on any atom is -0.484 e. The predicted molar refractivity (Wildman–Crippen MR) is 141 cm³/mol. The van der Waals surface area contributed by atoms with Crippen LogP contribution in [-0.4, -0.2) is 25.1 Å². The number of anilines is 1. The lowest BCUT2D eigenvalue weighted by atomic mass is 9.97. The van der Waals surface area contributed by atoms with E-state index in [0.717, 1.165) is 33.4 Å². The molecule has 0 saturated heterocycles. The molecule has 0 bridgehead atoms. The van der Waals surface area contributed by atoms with Crippen molar-refractivity contribution in [3.8, 4) is 28.0 Å². The molecule has 0 unspecified atom stereocenters. The van der Waals surface area contributed by atoms with Crippen molar-refractivity contribution >= 4 is 28.2 Å². The molecule has 35 heavy (non-hydrogen) atoms. The van der Waals surface area contributed by atoms with Crippen LogP contribution in [0.5, 0.6) is 5.75 Å². The van der Waals surface area contributed by atoms with Gasteiger partial charge in [0.15, 0.2) is 6.61 Å². The molecule has 1 amide bonds. The zero-order chi connectivity index (χ0) is 24.8. The quantitative estimate of drug-likeness (QED) is 0.276. The number of carbonyl (C=O) groups is 2. The van der Waals surface area contributed by atoms with E-state index >= 15 is 0 Å². The highest BCUT2D eigenvalue weighted by atomic mass is 32.1. The van der Waals surface area contributed by atoms with Gasteiger partial charge in [-0.2, -0.15) is 0 Å². The Balaban J connectivity index is 1.48. The van der Waals surface area contributed by atoms with E-state index in [2.05, 4.69) is 11.4 Å². The van der Waals surface area contributed by atoms with Gasteiger partial charge >= 0.3 is 5.97 Å². The van der Waals surface area contributed by atoms with Crippen molar-refractivity contribution < 1.29 is 19.1 Å². The molecule has 1 aromatic heterocycles. The number of hydrogen-bond donors (Lipinski definition) is 1. The number of thiophene rings is 1. The van der Waals surface area contributed by atoms with E-state index in [0.29, 0.717) is 16.3 Å². The second-order valence-electron chi connectivity index (χ2n) is 8.12. The molecular weight excluding hydrogens is 458 g/mol. The van der Waals surface area contributed by atoms with E-state index < -0.39 is 5.97 Å². The lowest BCUT2D eigenvalue weighted by Gasteiger charge is -2.11. The molecule has 0 fully saturated rings. The third-order valence-electron chi connectivity index (χ3n) is 5.53. The van der Waals surface area contributed by atoms with E-state index in [1.807, 2.05) is 86.0 Å². The highest BCUT2D eigenvalue weighted by Crippen LogP contribution is 2.38. The van der Waals surface area contributed by atoms with Gasteiger partial charge in [0.05, 0.1) is 6.61 Å². The van der Waals surface area contributed by atoms with Crippen LogP contribution in [0, 0.1) is 13.8 Å². The summed E-state index contributed by atoms with van der Waals surface area (Å²) in [6.07, 6.45) is 0. The van der Waals surface area contributed by atoms with E-state index in [1.165, 1.54) is 11.3 Å². The van der Waals surface area contributed by atoms with Crippen LogP contribution < -0.4 is 10.1 Å². The summed E-state index contributed by atoms with van der Waals surface area (Å²) < 4.78 is 11.0. The molecule has 1 heterocycles. The molecule has 0 saturated carbocycles. The molecule has 6 heteroatoms. The van der Waals surface area contributed by atoms with Crippen LogP contribution >= 0.6 is 11.3 Å². The van der Waals surface area contributed by atoms with Crippen molar-refractivity contribution in [2.45, 2.75) is 20.8 Å². The first-order chi connectivity index (χ1) is 17.0. The number of benzene rings is 3. The van der Waals surface area contributed by atoms with Crippen LogP contribution in [0.25, 0.3) is 22.3 Å². The van der Waals surface area contributed by atoms with Crippen LogP contribution in [0.3, 0.4) is 0 Å². The Bertz CT molecular complexity index is 1330. The van der Waals surface area contributed by atoms with Gasteiger partial charge < -0.3 is 14.8 Å². The van der Waals surface area contributed by atoms with Gasteiger partial charge in [0.1, 0.15) is 16.3 Å². The molecule has 4 aromatic rings. The van der Waals surface area contributed by atoms with Gasteiger partial charge in [0.25, 0.3) is 5.91 Å². The molecule has 1 N–H and O–H groups in total. The third kappa shape index (κ3) is 5.78. The van der Waals surface area contributed by atoms with Gasteiger partial charge in [-0.1, -0.05) is 66.2 Å². The lowest BCUT2D eigenvalue weighted by Crippen LogP contribution is -2.21. The Kier molecular flexibility index (Phi) is 7.63. The molecule has 5 nitrogen and oxygen atoms in total. The number of esters is 1. The summed E-state index contributed by atoms with van der Waals surface area (Å²) in [5.74, 6) is -0.222. The SMILES string of the molecule is CCOC(=O)c1c(-c2ccc(C)cc2C)csc1NC(=O)COc1ccc(-c2ccccc2)cc1. The zero-order valence-corrected chi connectivity index (χ0v) is 20.8. The van der Waals surface area contributed by atoms with Crippen LogP contribution in [0.15, 0.2) is 78.2 Å². The first kappa shape index (κ1) is 24.2. The summed E-state index contributed by atoms with van der Waals surface area (Å²) in [6.45, 7) is 5.86. The van der Waals surface area contributed by atoms with Crippen molar-refractivity contribution in [1.29, 1.82) is 0 Å². The fourth-order valence-electron chi connectivity index (χ4n) is 3.86. The lowest BCUT2D eigenvalue weighted by molar-refractivity contribution is -0.118. The van der Waals surface area contributed by atoms with Gasteiger partial charge in [-0.15, -0.1) is 11.3 Å². The molecule has 0 radical (unpaired) electrons. The van der Waals surface area contributed by atoms with Gasteiger partial charge in [0.2, 0.25) is 0 Å². The topological polar surface area (TPSA) is 64.6 Å².